The molecular weight excluding hydrogens is 681 g/mol. The van der Waals surface area contributed by atoms with Gasteiger partial charge in [0.15, 0.2) is 12.8 Å². The number of carbonyl (C=O) groups excluding carboxylic acids is 2. The maximum atomic E-state index is 14.5. The fraction of sp³-hybridized carbons (Fsp3) is 0.778. The molecule has 6 aliphatic heterocycles. The first-order valence-corrected chi connectivity index (χ1v) is 21.7. The summed E-state index contributed by atoms with van der Waals surface area (Å²) in [7, 11) is 2.17. The number of piperidine rings is 4. The fourth-order valence-electron chi connectivity index (χ4n) is 17.6. The van der Waals surface area contributed by atoms with Gasteiger partial charge in [-0.3, -0.25) is 4.48 Å². The second kappa shape index (κ2) is 11.1. The summed E-state index contributed by atoms with van der Waals surface area (Å²) >= 11 is 0. The van der Waals surface area contributed by atoms with Crippen molar-refractivity contribution in [3.63, 3.8) is 0 Å². The molecule has 6 heterocycles. The molecule has 1 aromatic rings. The Morgan fingerprint density at radius 1 is 1.02 bits per heavy atom. The zero-order chi connectivity index (χ0) is 37.3. The molecule has 5 aliphatic carbocycles. The molecule has 9 fully saturated rings. The van der Waals surface area contributed by atoms with Crippen LogP contribution in [-0.4, -0.2) is 94.1 Å². The topological polar surface area (TPSA) is 117 Å². The smallest absolute Gasteiger partial charge is 0.362 e. The highest BCUT2D eigenvalue weighted by Crippen LogP contribution is 2.73. The number of aliphatic hydroxyl groups is 3. The average molecular weight is 742 g/mol. The third-order valence-corrected chi connectivity index (χ3v) is 19.8. The number of cyclic esters (lactones) is 1. The number of fused-ring (bicyclic) bond motifs is 7. The average Bonchev–Trinajstić information content (AvgIpc) is 3.83. The first-order valence-electron chi connectivity index (χ1n) is 21.7. The van der Waals surface area contributed by atoms with Crippen molar-refractivity contribution in [1.82, 2.24) is 0 Å². The van der Waals surface area contributed by atoms with Gasteiger partial charge in [-0.25, -0.2) is 9.59 Å². The standard InChI is InChI=1S/C45H61N2O7/c1-5-27-28-20-34-39-44(32-8-6-7-9-33(32)46(39)4)21-35(38(28)40(44)50)47(34,41(27)51)22-37(49)54-26-12-15-42(2)25(19-26)10-11-31-30(42)13-16-43(3)29(14-17-45(31,43)52)24-18-36(48)53-23-24/h6-9,18,25-31,34-35,38-41,50-52H,5,10-17,19-23H2,1-4H3/q+1/t25-,26-,27+,28+,29-,30+,31-,34-,35-,38+,39-,40-,41+,42-,43+,44-,45-,47-/m0/s1. The van der Waals surface area contributed by atoms with Gasteiger partial charge < -0.3 is 29.7 Å². The van der Waals surface area contributed by atoms with Crippen LogP contribution >= 0.6 is 0 Å². The van der Waals surface area contributed by atoms with Crippen LogP contribution in [0.2, 0.25) is 0 Å². The minimum absolute atomic E-state index is 0.0370. The Morgan fingerprint density at radius 2 is 1.83 bits per heavy atom. The third kappa shape index (κ3) is 3.88. The largest absolute Gasteiger partial charge is 0.458 e. The van der Waals surface area contributed by atoms with Gasteiger partial charge in [0.05, 0.1) is 29.2 Å². The molecular formula is C45H61N2O7+. The Bertz CT molecular complexity index is 1830. The van der Waals surface area contributed by atoms with E-state index < -0.39 is 17.9 Å². The Morgan fingerprint density at radius 3 is 2.61 bits per heavy atom. The quantitative estimate of drug-likeness (QED) is 0.278. The Balaban J connectivity index is 0.829. The van der Waals surface area contributed by atoms with E-state index in [0.29, 0.717) is 22.9 Å². The SMILES string of the molecule is CC[C@@H]1[C@H]2C[C@H]3[C@@H]4N(C)c5ccccc5[C@@]45C[C@@H]([C@@H]2[C@@H]5O)[N@@+]3(CC(=O)O[C@H]2CC[C@@]3(C)[C@@H](CC[C@H]4[C@H]3CC[C@]3(C)[C@H](C5=CC(=O)OC5)CC[C@]43O)C2)[C@@H]1O. The second-order valence-corrected chi connectivity index (χ2v) is 20.7. The lowest BCUT2D eigenvalue weighted by atomic mass is 9.43. The number of hydrogen-bond acceptors (Lipinski definition) is 8. The van der Waals surface area contributed by atoms with Crippen LogP contribution in [-0.2, 0) is 24.5 Å². The molecule has 3 N–H and O–H groups in total. The maximum Gasteiger partial charge on any atom is 0.362 e. The summed E-state index contributed by atoms with van der Waals surface area (Å²) in [6.45, 7) is 7.48. The number of para-hydroxylation sites is 1. The van der Waals surface area contributed by atoms with Crippen LogP contribution in [0.4, 0.5) is 5.69 Å². The minimum Gasteiger partial charge on any atom is -0.458 e. The van der Waals surface area contributed by atoms with Crippen molar-refractivity contribution in [3.8, 4) is 0 Å². The molecule has 5 bridgehead atoms. The minimum atomic E-state index is -0.739. The van der Waals surface area contributed by atoms with E-state index in [-0.39, 0.29) is 88.5 Å². The molecule has 0 aromatic heterocycles. The van der Waals surface area contributed by atoms with Crippen molar-refractivity contribution in [2.45, 2.75) is 145 Å². The molecule has 5 saturated carbocycles. The molecule has 9 nitrogen and oxygen atoms in total. The summed E-state index contributed by atoms with van der Waals surface area (Å²) < 4.78 is 12.3. The van der Waals surface area contributed by atoms with Gasteiger partial charge in [0.1, 0.15) is 18.8 Å². The van der Waals surface area contributed by atoms with Crippen LogP contribution in [0.25, 0.3) is 0 Å². The Kier molecular flexibility index (Phi) is 7.17. The number of anilines is 1. The molecule has 9 heteroatoms. The molecule has 1 spiro atoms. The monoisotopic (exact) mass is 741 g/mol. The Labute approximate surface area is 320 Å². The molecule has 1 aromatic carbocycles. The molecule has 0 amide bonds. The number of nitrogens with zero attached hydrogens (tertiary/aromatic N) is 2. The van der Waals surface area contributed by atoms with Crippen LogP contribution < -0.4 is 4.90 Å². The highest BCUT2D eigenvalue weighted by Gasteiger charge is 2.83. The second-order valence-electron chi connectivity index (χ2n) is 20.7. The first-order chi connectivity index (χ1) is 25.8. The van der Waals surface area contributed by atoms with Gasteiger partial charge in [0.2, 0.25) is 0 Å². The number of likely N-dealkylation sites (N-methyl/N-ethyl adjacent to an activating group) is 1. The van der Waals surface area contributed by atoms with E-state index in [2.05, 4.69) is 57.0 Å². The predicted octanol–water partition coefficient (Wildman–Crippen LogP) is 5.24. The van der Waals surface area contributed by atoms with Crippen molar-refractivity contribution in [2.24, 2.45) is 52.3 Å². The van der Waals surface area contributed by atoms with E-state index in [1.165, 1.54) is 11.3 Å². The van der Waals surface area contributed by atoms with E-state index >= 15 is 0 Å². The van der Waals surface area contributed by atoms with Gasteiger partial charge in [0.25, 0.3) is 0 Å². The van der Waals surface area contributed by atoms with Crippen LogP contribution in [0.3, 0.4) is 0 Å². The highest BCUT2D eigenvalue weighted by molar-refractivity contribution is 5.85. The van der Waals surface area contributed by atoms with Gasteiger partial charge in [-0.15, -0.1) is 0 Å². The lowest BCUT2D eigenvalue weighted by Crippen LogP contribution is -2.83. The molecule has 4 saturated heterocycles. The van der Waals surface area contributed by atoms with Gasteiger partial charge in [-0.05, 0) is 116 Å². The third-order valence-electron chi connectivity index (χ3n) is 19.8. The molecule has 18 atom stereocenters. The zero-order valence-electron chi connectivity index (χ0n) is 32.7. The summed E-state index contributed by atoms with van der Waals surface area (Å²) in [4.78, 5) is 28.8. The zero-order valence-corrected chi connectivity index (χ0v) is 32.7. The highest BCUT2D eigenvalue weighted by atomic mass is 16.5. The van der Waals surface area contributed by atoms with E-state index in [1.54, 1.807) is 6.08 Å². The number of benzene rings is 1. The van der Waals surface area contributed by atoms with Crippen LogP contribution in [0, 0.1) is 52.3 Å². The van der Waals surface area contributed by atoms with Gasteiger partial charge in [-0.1, -0.05) is 39.0 Å². The summed E-state index contributed by atoms with van der Waals surface area (Å²) in [6.07, 6.45) is 11.5. The molecule has 54 heavy (non-hydrogen) atoms. The van der Waals surface area contributed by atoms with E-state index in [0.717, 1.165) is 82.6 Å². The molecule has 11 aliphatic rings. The summed E-state index contributed by atoms with van der Waals surface area (Å²) in [5.74, 6) is 1.32. The number of hydrogen-bond donors (Lipinski definition) is 3. The number of rotatable bonds is 5. The lowest BCUT2D eigenvalue weighted by molar-refractivity contribution is -1.03. The van der Waals surface area contributed by atoms with E-state index in [9.17, 15) is 24.9 Å². The summed E-state index contributed by atoms with van der Waals surface area (Å²) in [6, 6.07) is 8.74. The van der Waals surface area contributed by atoms with Crippen molar-refractivity contribution < 1.29 is 38.9 Å². The van der Waals surface area contributed by atoms with Crippen LogP contribution in [0.5, 0.6) is 0 Å². The van der Waals surface area contributed by atoms with Crippen molar-refractivity contribution >= 4 is 17.6 Å². The van der Waals surface area contributed by atoms with Crippen molar-refractivity contribution in [3.05, 3.63) is 41.5 Å². The number of aliphatic hydroxyl groups excluding tert-OH is 2. The molecule has 0 radical (unpaired) electrons. The fourth-order valence-corrected chi connectivity index (χ4v) is 17.6. The van der Waals surface area contributed by atoms with Gasteiger partial charge in [-0.2, -0.15) is 0 Å². The van der Waals surface area contributed by atoms with E-state index in [1.807, 2.05) is 0 Å². The predicted molar refractivity (Wildman–Crippen MR) is 201 cm³/mol. The molecule has 292 valence electrons. The van der Waals surface area contributed by atoms with E-state index in [4.69, 9.17) is 9.47 Å². The van der Waals surface area contributed by atoms with Gasteiger partial charge in [0, 0.05) is 48.9 Å². The van der Waals surface area contributed by atoms with Crippen LogP contribution in [0.1, 0.15) is 103 Å². The number of ether oxygens (including phenoxy) is 2. The maximum absolute atomic E-state index is 14.5. The van der Waals surface area contributed by atoms with Crippen LogP contribution in [0.15, 0.2) is 35.9 Å². The summed E-state index contributed by atoms with van der Waals surface area (Å²) in [5.41, 5.74) is 2.28. The number of carbonyl (C=O) groups is 2. The lowest BCUT2D eigenvalue weighted by Gasteiger charge is -2.67. The Hall–Kier alpha value is -2.46. The van der Waals surface area contributed by atoms with Crippen molar-refractivity contribution in [1.29, 1.82) is 0 Å². The normalized spacial score (nSPS) is 54.4. The summed E-state index contributed by atoms with van der Waals surface area (Å²) in [5, 5.41) is 37.5. The first kappa shape index (κ1) is 34.8. The molecule has 12 rings (SSSR count). The molecule has 0 unspecified atom stereocenters. The van der Waals surface area contributed by atoms with Crippen molar-refractivity contribution in [2.75, 3.05) is 25.1 Å². The number of quaternary nitrogens is 1. The van der Waals surface area contributed by atoms with Gasteiger partial charge >= 0.3 is 11.9 Å². The number of esters is 2.